The largest absolute Gasteiger partial charge is 0.457 e. The second-order valence-electron chi connectivity index (χ2n) is 15.2. The summed E-state index contributed by atoms with van der Waals surface area (Å²) in [5, 5.41) is 1.44. The molecule has 2 atom stereocenters. The van der Waals surface area contributed by atoms with Crippen molar-refractivity contribution in [1.82, 2.24) is 15.0 Å². The third-order valence-electron chi connectivity index (χ3n) is 10.7. The standard InChI is InChI=1S/C47H47N3O2/c1-27-18-42(48-25-29(27)3)34-19-39(33-12-10-9-11-13-33)32(6)44(20-34)51-35-21-40-37-15-14-31(5)50-46(37)52-45(40)41(22-35)43-23-38(30(4)26-49-43)36-16-17-47(7,8)24-28(36)2/h9-15,18-23,25-26,28,36H,16-17,24H2,1-8H3/i1D3,3D3,6D3. The molecule has 52 heavy (non-hydrogen) atoms. The minimum atomic E-state index is -2.77. The van der Waals surface area contributed by atoms with Crippen molar-refractivity contribution in [2.24, 2.45) is 11.3 Å². The third kappa shape index (κ3) is 6.27. The Morgan fingerprint density at radius 1 is 0.788 bits per heavy atom. The topological polar surface area (TPSA) is 61.0 Å². The quantitative estimate of drug-likeness (QED) is 0.173. The Morgan fingerprint density at radius 2 is 1.60 bits per heavy atom. The number of benzene rings is 3. The number of nitrogens with zero attached hydrogens (tertiary/aromatic N) is 3. The normalized spacial score (nSPS) is 20.4. The molecule has 0 N–H and O–H groups in total. The average Bonchev–Trinajstić information content (AvgIpc) is 3.54. The maximum Gasteiger partial charge on any atom is 0.227 e. The van der Waals surface area contributed by atoms with E-state index in [4.69, 9.17) is 26.5 Å². The van der Waals surface area contributed by atoms with Crippen LogP contribution in [0.2, 0.25) is 0 Å². The van der Waals surface area contributed by atoms with Gasteiger partial charge in [0.25, 0.3) is 0 Å². The van der Waals surface area contributed by atoms with Crippen molar-refractivity contribution >= 4 is 22.1 Å². The molecule has 0 saturated heterocycles. The van der Waals surface area contributed by atoms with Crippen molar-refractivity contribution in [1.29, 1.82) is 0 Å². The smallest absolute Gasteiger partial charge is 0.227 e. The number of furan rings is 1. The second kappa shape index (κ2) is 13.0. The first kappa shape index (κ1) is 24.8. The monoisotopic (exact) mass is 694 g/mol. The molecule has 4 heterocycles. The lowest BCUT2D eigenvalue weighted by atomic mass is 9.65. The van der Waals surface area contributed by atoms with Crippen LogP contribution >= 0.6 is 0 Å². The first-order valence-electron chi connectivity index (χ1n) is 22.3. The summed E-state index contributed by atoms with van der Waals surface area (Å²) in [7, 11) is 0. The van der Waals surface area contributed by atoms with Crippen LogP contribution in [-0.4, -0.2) is 15.0 Å². The molecular formula is C47H47N3O2. The van der Waals surface area contributed by atoms with E-state index in [0.717, 1.165) is 42.1 Å². The number of aryl methyl sites for hydroxylation is 4. The summed E-state index contributed by atoms with van der Waals surface area (Å²) in [6.07, 6.45) is 6.26. The molecular weight excluding hydrogens is 639 g/mol. The molecule has 2 unspecified atom stereocenters. The number of pyridine rings is 3. The number of hydrogen-bond donors (Lipinski definition) is 0. The molecule has 0 aliphatic heterocycles. The van der Waals surface area contributed by atoms with Crippen LogP contribution in [0.4, 0.5) is 0 Å². The van der Waals surface area contributed by atoms with Gasteiger partial charge in [-0.3, -0.25) is 9.97 Å². The van der Waals surface area contributed by atoms with E-state index in [1.807, 2.05) is 31.3 Å². The van der Waals surface area contributed by atoms with Crippen LogP contribution in [0.1, 0.15) is 91.8 Å². The summed E-state index contributed by atoms with van der Waals surface area (Å²) >= 11 is 0. The van der Waals surface area contributed by atoms with Crippen LogP contribution in [0.5, 0.6) is 11.5 Å². The van der Waals surface area contributed by atoms with Gasteiger partial charge < -0.3 is 9.15 Å². The molecule has 1 aliphatic rings. The molecule has 4 aromatic heterocycles. The molecule has 0 radical (unpaired) electrons. The van der Waals surface area contributed by atoms with E-state index in [0.29, 0.717) is 62.2 Å². The Balaban J connectivity index is 1.35. The summed E-state index contributed by atoms with van der Waals surface area (Å²) in [6, 6.07) is 22.9. The van der Waals surface area contributed by atoms with Gasteiger partial charge in [-0.05, 0) is 158 Å². The minimum Gasteiger partial charge on any atom is -0.457 e. The van der Waals surface area contributed by atoms with Crippen LogP contribution in [0.25, 0.3) is 55.7 Å². The first-order valence-corrected chi connectivity index (χ1v) is 17.8. The molecule has 0 spiro atoms. The van der Waals surface area contributed by atoms with Gasteiger partial charge in [0.15, 0.2) is 0 Å². The molecule has 8 rings (SSSR count). The molecule has 262 valence electrons. The van der Waals surface area contributed by atoms with E-state index in [-0.39, 0.29) is 33.5 Å². The molecule has 1 saturated carbocycles. The number of ether oxygens (including phenoxy) is 1. The summed E-state index contributed by atoms with van der Waals surface area (Å²) in [6.45, 7) is 2.80. The summed E-state index contributed by atoms with van der Waals surface area (Å²) in [5.41, 5.74) is 6.24. The highest BCUT2D eigenvalue weighted by molar-refractivity contribution is 6.09. The van der Waals surface area contributed by atoms with Crippen LogP contribution in [-0.2, 0) is 0 Å². The fraction of sp³-hybridized carbons (Fsp3) is 0.298. The van der Waals surface area contributed by atoms with Crippen LogP contribution in [0.15, 0.2) is 95.7 Å². The number of rotatable bonds is 6. The van der Waals surface area contributed by atoms with Gasteiger partial charge in [0.1, 0.15) is 17.1 Å². The predicted molar refractivity (Wildman–Crippen MR) is 213 cm³/mol. The Labute approximate surface area is 319 Å². The van der Waals surface area contributed by atoms with Gasteiger partial charge >= 0.3 is 0 Å². The van der Waals surface area contributed by atoms with Gasteiger partial charge in [0, 0.05) is 52.3 Å². The fourth-order valence-corrected chi connectivity index (χ4v) is 8.00. The van der Waals surface area contributed by atoms with Crippen molar-refractivity contribution in [2.75, 3.05) is 0 Å². The summed E-state index contributed by atoms with van der Waals surface area (Å²) < 4.78 is 88.3. The Kier molecular flexibility index (Phi) is 6.22. The zero-order valence-electron chi connectivity index (χ0n) is 39.1. The highest BCUT2D eigenvalue weighted by atomic mass is 16.5. The van der Waals surface area contributed by atoms with Crippen LogP contribution in [0, 0.1) is 45.7 Å². The van der Waals surface area contributed by atoms with Gasteiger partial charge in [0.2, 0.25) is 5.71 Å². The van der Waals surface area contributed by atoms with Crippen molar-refractivity contribution in [3.05, 3.63) is 125 Å². The lowest BCUT2D eigenvalue weighted by molar-refractivity contribution is 0.167. The van der Waals surface area contributed by atoms with Crippen molar-refractivity contribution < 1.29 is 21.5 Å². The molecule has 5 nitrogen and oxygen atoms in total. The van der Waals surface area contributed by atoms with Crippen molar-refractivity contribution in [2.45, 2.75) is 80.4 Å². The molecule has 3 aromatic carbocycles. The van der Waals surface area contributed by atoms with Crippen LogP contribution < -0.4 is 4.74 Å². The Morgan fingerprint density at radius 3 is 2.38 bits per heavy atom. The Hall–Kier alpha value is -5.29. The Bertz CT molecular complexity index is 2810. The van der Waals surface area contributed by atoms with Gasteiger partial charge in [0.05, 0.1) is 11.4 Å². The molecule has 0 amide bonds. The SMILES string of the molecule is [2H]C([2H])([2H])c1cnc(-c2cc(Oc3cc(-c4cc(C5CCC(C)(C)CC5C)c(C)cn4)c4oc5nc(C)ccc5c4c3)c(C([2H])([2H])[2H])c(-c3ccccc3)c2)cc1C([2H])([2H])[2H]. The molecule has 1 aliphatic carbocycles. The van der Waals surface area contributed by atoms with Crippen molar-refractivity contribution in [3.63, 3.8) is 0 Å². The molecule has 1 fully saturated rings. The number of aromatic nitrogens is 3. The highest BCUT2D eigenvalue weighted by Crippen LogP contribution is 2.48. The lowest BCUT2D eigenvalue weighted by Gasteiger charge is -2.40. The zero-order valence-corrected chi connectivity index (χ0v) is 30.1. The van der Waals surface area contributed by atoms with E-state index >= 15 is 0 Å². The maximum atomic E-state index is 8.82. The minimum absolute atomic E-state index is 0.0169. The molecule has 0 bridgehead atoms. The highest BCUT2D eigenvalue weighted by Gasteiger charge is 2.34. The van der Waals surface area contributed by atoms with Gasteiger partial charge in [-0.25, -0.2) is 4.98 Å². The van der Waals surface area contributed by atoms with Gasteiger partial charge in [-0.15, -0.1) is 0 Å². The maximum absolute atomic E-state index is 8.82. The molecule has 7 aromatic rings. The number of fused-ring (bicyclic) bond motifs is 3. The summed E-state index contributed by atoms with van der Waals surface area (Å²) in [4.78, 5) is 14.1. The first-order chi connectivity index (χ1) is 28.6. The van der Waals surface area contributed by atoms with E-state index in [9.17, 15) is 0 Å². The molecule has 5 heteroatoms. The fourth-order valence-electron chi connectivity index (χ4n) is 8.00. The second-order valence-corrected chi connectivity index (χ2v) is 15.2. The zero-order chi connectivity index (χ0) is 43.8. The van der Waals surface area contributed by atoms with E-state index in [1.165, 1.54) is 17.7 Å². The van der Waals surface area contributed by atoms with Crippen LogP contribution in [0.3, 0.4) is 0 Å². The number of hydrogen-bond acceptors (Lipinski definition) is 5. The van der Waals surface area contributed by atoms with E-state index in [1.54, 1.807) is 42.5 Å². The van der Waals surface area contributed by atoms with Crippen molar-refractivity contribution in [3.8, 4) is 45.1 Å². The third-order valence-corrected chi connectivity index (χ3v) is 10.7. The predicted octanol–water partition coefficient (Wildman–Crippen LogP) is 13.0. The lowest BCUT2D eigenvalue weighted by Crippen LogP contribution is -2.27. The van der Waals surface area contributed by atoms with E-state index < -0.39 is 20.6 Å². The average molecular weight is 695 g/mol. The van der Waals surface area contributed by atoms with Gasteiger partial charge in [-0.1, -0.05) is 51.1 Å². The van der Waals surface area contributed by atoms with Gasteiger partial charge in [-0.2, -0.15) is 0 Å². The van der Waals surface area contributed by atoms with E-state index in [2.05, 4.69) is 43.7 Å². The summed E-state index contributed by atoms with van der Waals surface area (Å²) in [5.74, 6) is 1.10.